The zero-order chi connectivity index (χ0) is 51.7. The van der Waals surface area contributed by atoms with E-state index in [1.807, 2.05) is 35.2 Å². The number of fused-ring (bicyclic) bond motifs is 2. The molecule has 17 nitrogen and oxygen atoms in total. The Bertz CT molecular complexity index is 2860. The summed E-state index contributed by atoms with van der Waals surface area (Å²) in [5.74, 6) is -4.01. The van der Waals surface area contributed by atoms with Crippen LogP contribution in [0.15, 0.2) is 72.4 Å². The van der Waals surface area contributed by atoms with E-state index >= 15 is 0 Å². The van der Waals surface area contributed by atoms with E-state index in [2.05, 4.69) is 31.2 Å². The third-order valence-electron chi connectivity index (χ3n) is 16.1. The van der Waals surface area contributed by atoms with Crippen molar-refractivity contribution in [2.75, 3.05) is 51.8 Å². The second kappa shape index (κ2) is 21.5. The Hall–Kier alpha value is -6.38. The SMILES string of the molecule is CN[C@@H](C)C(=O)N[C@H](C(=O)N1CCC[C@@H]1c1nc(C(=O)c2cccc(OCCOCCC(=O)N3CC([C@@H](c4ccccc4)n4cc(NC(=O)c5n[nH]c6c5CC5C(F)(F)C5(C)C6)cn4)C3)c2)cs1)C1CCCCC1. The molecule has 0 bridgehead atoms. The Morgan fingerprint density at radius 1 is 0.959 bits per heavy atom. The van der Waals surface area contributed by atoms with E-state index in [1.165, 1.54) is 11.3 Å². The minimum absolute atomic E-state index is 0.0374. The molecular weight excluding hydrogens is 971 g/mol. The maximum Gasteiger partial charge on any atom is 0.276 e. The van der Waals surface area contributed by atoms with Crippen LogP contribution in [0, 0.1) is 23.2 Å². The summed E-state index contributed by atoms with van der Waals surface area (Å²) in [5, 5.41) is 23.0. The lowest BCUT2D eigenvalue weighted by Gasteiger charge is -2.43. The van der Waals surface area contributed by atoms with Gasteiger partial charge in [-0.2, -0.15) is 10.2 Å². The van der Waals surface area contributed by atoms with E-state index in [0.29, 0.717) is 58.6 Å². The molecule has 10 rings (SSSR count). The molecule has 6 atom stereocenters. The summed E-state index contributed by atoms with van der Waals surface area (Å²) in [5.41, 5.74) is 2.30. The molecule has 392 valence electrons. The van der Waals surface area contributed by atoms with E-state index in [9.17, 15) is 32.8 Å². The number of anilines is 1. The van der Waals surface area contributed by atoms with E-state index in [0.717, 1.165) is 50.5 Å². The monoisotopic (exact) mass is 1030 g/mol. The van der Waals surface area contributed by atoms with Crippen LogP contribution < -0.4 is 20.7 Å². The lowest BCUT2D eigenvalue weighted by molar-refractivity contribution is -0.140. The lowest BCUT2D eigenvalue weighted by Crippen LogP contribution is -2.55. The van der Waals surface area contributed by atoms with Gasteiger partial charge in [-0.1, -0.05) is 68.7 Å². The fraction of sp³-hybridized carbons (Fsp3) is 0.519. The normalized spacial score (nSPS) is 22.4. The van der Waals surface area contributed by atoms with Gasteiger partial charge in [0.15, 0.2) is 5.69 Å². The Balaban J connectivity index is 0.673. The van der Waals surface area contributed by atoms with Gasteiger partial charge in [-0.25, -0.2) is 13.8 Å². The first-order valence-electron chi connectivity index (χ1n) is 25.9. The summed E-state index contributed by atoms with van der Waals surface area (Å²) in [6.45, 7) is 5.57. The van der Waals surface area contributed by atoms with E-state index < -0.39 is 35.2 Å². The zero-order valence-electron chi connectivity index (χ0n) is 42.0. The van der Waals surface area contributed by atoms with Gasteiger partial charge in [-0.15, -0.1) is 11.3 Å². The van der Waals surface area contributed by atoms with E-state index in [1.54, 1.807) is 72.5 Å². The van der Waals surface area contributed by atoms with Crippen molar-refractivity contribution in [2.24, 2.45) is 23.2 Å². The Morgan fingerprint density at radius 2 is 1.76 bits per heavy atom. The minimum atomic E-state index is -2.77. The molecule has 4 N–H and O–H groups in total. The van der Waals surface area contributed by atoms with Gasteiger partial charge in [0.05, 0.1) is 49.6 Å². The van der Waals surface area contributed by atoms with Crippen LogP contribution in [0.25, 0.3) is 0 Å². The number of carbonyl (C=O) groups excluding carboxylic acids is 5. The van der Waals surface area contributed by atoms with Crippen LogP contribution in [0.2, 0.25) is 0 Å². The van der Waals surface area contributed by atoms with Crippen LogP contribution in [0.1, 0.15) is 126 Å². The summed E-state index contributed by atoms with van der Waals surface area (Å²) >= 11 is 1.37. The smallest absolute Gasteiger partial charge is 0.276 e. The fourth-order valence-corrected chi connectivity index (χ4v) is 12.5. The van der Waals surface area contributed by atoms with E-state index in [-0.39, 0.29) is 92.2 Å². The van der Waals surface area contributed by atoms with Crippen LogP contribution >= 0.6 is 11.3 Å². The van der Waals surface area contributed by atoms with Gasteiger partial charge in [-0.05, 0) is 69.7 Å². The second-order valence-corrected chi connectivity index (χ2v) is 21.7. The number of amides is 4. The number of aromatic amines is 1. The number of nitrogens with one attached hydrogen (secondary N) is 4. The van der Waals surface area contributed by atoms with Crippen molar-refractivity contribution < 1.29 is 42.2 Å². The first-order valence-corrected chi connectivity index (χ1v) is 26.8. The molecular formula is C54H64F2N10O7S. The molecule has 74 heavy (non-hydrogen) atoms. The molecule has 2 aliphatic heterocycles. The first kappa shape index (κ1) is 51.1. The summed E-state index contributed by atoms with van der Waals surface area (Å²) in [6, 6.07) is 15.2. The molecule has 20 heteroatoms. The molecule has 5 aliphatic rings. The number of nitrogens with zero attached hydrogens (tertiary/aromatic N) is 6. The molecule has 2 saturated carbocycles. The highest BCUT2D eigenvalue weighted by atomic mass is 32.1. The number of likely N-dealkylation sites (N-methyl/N-ethyl adjacent to an activating group) is 1. The van der Waals surface area contributed by atoms with Gasteiger partial charge in [0.2, 0.25) is 23.5 Å². The van der Waals surface area contributed by atoms with Crippen LogP contribution in [0.3, 0.4) is 0 Å². The highest BCUT2D eigenvalue weighted by Gasteiger charge is 2.78. The lowest BCUT2D eigenvalue weighted by atomic mass is 9.83. The van der Waals surface area contributed by atoms with Crippen molar-refractivity contribution in [3.05, 3.63) is 111 Å². The van der Waals surface area contributed by atoms with Gasteiger partial charge in [-0.3, -0.25) is 33.8 Å². The largest absolute Gasteiger partial charge is 0.491 e. The van der Waals surface area contributed by atoms with Crippen LogP contribution in [0.5, 0.6) is 5.75 Å². The van der Waals surface area contributed by atoms with Gasteiger partial charge in [0, 0.05) is 71.7 Å². The number of halogens is 2. The first-order chi connectivity index (χ1) is 35.7. The van der Waals surface area contributed by atoms with Gasteiger partial charge < -0.3 is 35.2 Å². The number of H-pyrrole nitrogens is 1. The van der Waals surface area contributed by atoms with Gasteiger partial charge >= 0.3 is 0 Å². The van der Waals surface area contributed by atoms with Crippen molar-refractivity contribution in [1.82, 2.24) is 45.4 Å². The molecule has 3 aliphatic carbocycles. The zero-order valence-corrected chi connectivity index (χ0v) is 42.8. The van der Waals surface area contributed by atoms with Gasteiger partial charge in [0.1, 0.15) is 29.1 Å². The third kappa shape index (κ3) is 10.2. The molecule has 4 amide bonds. The molecule has 4 fully saturated rings. The standard InChI is InChI=1S/C54H64F2N10O7S/c1-32(57-3)49(69)61-45(33-12-6-4-7-13-33)52(71)65-20-11-18-42(65)51-60-41(31-74-51)48(68)35-16-10-17-38(24-35)73-23-22-72-21-19-44(67)64-28-36(29-64)47(34-14-8-5-9-15-34)66-30-37(27-58-66)59-50(70)46-39-25-43-53(2,54(43,55)56)26-40(39)62-63-46/h5,8-10,14-17,24,27,30-33,36,42-43,45,47,57H,4,6-7,11-13,18-23,25-26,28-29H2,1-3H3,(H,59,70)(H,61,69)(H,62,63)/t32-,42+,43?,45-,47+,53?/m0/s1. The number of likely N-dealkylation sites (tertiary alicyclic amines) is 2. The minimum Gasteiger partial charge on any atom is -0.491 e. The van der Waals surface area contributed by atoms with Gasteiger partial charge in [0.25, 0.3) is 11.8 Å². The van der Waals surface area contributed by atoms with Crippen LogP contribution in [0.4, 0.5) is 14.5 Å². The number of thiazole rings is 1. The highest BCUT2D eigenvalue weighted by molar-refractivity contribution is 7.10. The average molecular weight is 1040 g/mol. The van der Waals surface area contributed by atoms with Crippen molar-refractivity contribution in [3.63, 3.8) is 0 Å². The predicted molar refractivity (Wildman–Crippen MR) is 271 cm³/mol. The summed E-state index contributed by atoms with van der Waals surface area (Å²) < 4.78 is 42.6. The third-order valence-corrected chi connectivity index (χ3v) is 17.1. The quantitative estimate of drug-likeness (QED) is 0.0472. The van der Waals surface area contributed by atoms with Crippen molar-refractivity contribution in [3.8, 4) is 5.75 Å². The number of rotatable bonds is 20. The number of hydrogen-bond acceptors (Lipinski definition) is 12. The Kier molecular flexibility index (Phi) is 14.8. The van der Waals surface area contributed by atoms with E-state index in [4.69, 9.17) is 14.5 Å². The summed E-state index contributed by atoms with van der Waals surface area (Å²) in [4.78, 5) is 76.0. The van der Waals surface area contributed by atoms with Crippen LogP contribution in [-0.2, 0) is 32.0 Å². The number of hydrogen-bond donors (Lipinski definition) is 4. The molecule has 2 aromatic carbocycles. The molecule has 5 aromatic rings. The van der Waals surface area contributed by atoms with Crippen LogP contribution in [-0.4, -0.2) is 129 Å². The molecule has 2 unspecified atom stereocenters. The number of ether oxygens (including phenoxy) is 2. The molecule has 0 radical (unpaired) electrons. The van der Waals surface area contributed by atoms with Crippen molar-refractivity contribution in [1.29, 1.82) is 0 Å². The Labute approximate surface area is 432 Å². The number of ketones is 1. The molecule has 3 aromatic heterocycles. The second-order valence-electron chi connectivity index (χ2n) is 20.8. The summed E-state index contributed by atoms with van der Waals surface area (Å²) in [7, 11) is 1.73. The topological polar surface area (TPSA) is 206 Å². The number of carbonyl (C=O) groups is 5. The predicted octanol–water partition coefficient (Wildman–Crippen LogP) is 6.79. The molecule has 2 saturated heterocycles. The molecule has 5 heterocycles. The molecule has 0 spiro atoms. The number of alkyl halides is 2. The average Bonchev–Trinajstić information content (AvgIpc) is 4.18. The van der Waals surface area contributed by atoms with Crippen molar-refractivity contribution >= 4 is 46.4 Å². The maximum absolute atomic E-state index is 14.5. The maximum atomic E-state index is 14.5. The Morgan fingerprint density at radius 3 is 2.54 bits per heavy atom. The number of aromatic nitrogens is 5. The fourth-order valence-electron chi connectivity index (χ4n) is 11.5. The highest BCUT2D eigenvalue weighted by Crippen LogP contribution is 2.70. The summed E-state index contributed by atoms with van der Waals surface area (Å²) in [6.07, 6.45) is 10.3. The number of benzene rings is 2. The van der Waals surface area contributed by atoms with Crippen molar-refractivity contribution in [2.45, 2.75) is 108 Å².